The number of hydrogen-bond donors (Lipinski definition) is 2. The summed E-state index contributed by atoms with van der Waals surface area (Å²) >= 11 is 3.18. The van der Waals surface area contributed by atoms with E-state index < -0.39 is 10.4 Å². The largest absolute Gasteiger partial charge is 0.412 e. The summed E-state index contributed by atoms with van der Waals surface area (Å²) in [5.74, 6) is 3.04. The molecular formula is C6H16O6S3. The summed E-state index contributed by atoms with van der Waals surface area (Å²) in [6.07, 6.45) is 0. The fourth-order valence-corrected chi connectivity index (χ4v) is 2.67. The van der Waals surface area contributed by atoms with Crippen molar-refractivity contribution < 1.29 is 27.7 Å². The van der Waals surface area contributed by atoms with Crippen molar-refractivity contribution in [3.05, 3.63) is 0 Å². The predicted molar refractivity (Wildman–Crippen MR) is 62.9 cm³/mol. The second-order valence-corrected chi connectivity index (χ2v) is 5.74. The molecule has 0 aromatic rings. The number of rotatable bonds is 9. The molecule has 0 rings (SSSR count). The second kappa shape index (κ2) is 11.0. The molecule has 0 aliphatic carbocycles. The van der Waals surface area contributed by atoms with Crippen LogP contribution in [0.5, 0.6) is 0 Å². The summed E-state index contributed by atoms with van der Waals surface area (Å²) in [4.78, 5) is 0. The minimum absolute atomic E-state index is 0. The second-order valence-electron chi connectivity index (χ2n) is 2.20. The zero-order chi connectivity index (χ0) is 10.9. The number of thioether (sulfide) groups is 2. The van der Waals surface area contributed by atoms with E-state index in [9.17, 15) is 8.42 Å². The summed E-state index contributed by atoms with van der Waals surface area (Å²) in [7, 11) is -4.28. The van der Waals surface area contributed by atoms with Gasteiger partial charge in [-0.15, -0.1) is 0 Å². The topological polar surface area (TPSA) is 115 Å². The van der Waals surface area contributed by atoms with Crippen molar-refractivity contribution in [2.75, 3.05) is 36.2 Å². The first-order valence-electron chi connectivity index (χ1n) is 3.94. The van der Waals surface area contributed by atoms with Gasteiger partial charge >= 0.3 is 10.4 Å². The minimum atomic E-state index is -4.28. The highest BCUT2D eigenvalue weighted by molar-refractivity contribution is 8.02. The average molecular weight is 280 g/mol. The Hall–Kier alpha value is 0.490. The normalized spacial score (nSPS) is 11.1. The molecule has 0 aromatic carbocycles. The summed E-state index contributed by atoms with van der Waals surface area (Å²) in [6, 6.07) is 0. The molecule has 94 valence electrons. The maximum atomic E-state index is 10.1. The first-order valence-corrected chi connectivity index (χ1v) is 7.62. The lowest BCUT2D eigenvalue weighted by atomic mass is 10.9. The van der Waals surface area contributed by atoms with Gasteiger partial charge in [0.15, 0.2) is 0 Å². The number of aliphatic hydroxyl groups is 1. The Balaban J connectivity index is 0. The van der Waals surface area contributed by atoms with E-state index in [-0.39, 0.29) is 18.7 Å². The van der Waals surface area contributed by atoms with Crippen LogP contribution in [0.3, 0.4) is 0 Å². The number of aliphatic hydroxyl groups excluding tert-OH is 1. The Morgan fingerprint density at radius 3 is 2.07 bits per heavy atom. The highest BCUT2D eigenvalue weighted by atomic mass is 32.3. The van der Waals surface area contributed by atoms with Crippen LogP contribution in [0, 0.1) is 0 Å². The van der Waals surface area contributed by atoms with Crippen LogP contribution in [0.25, 0.3) is 0 Å². The van der Waals surface area contributed by atoms with E-state index in [1.54, 1.807) is 23.5 Å². The minimum Gasteiger partial charge on any atom is -0.412 e. The van der Waals surface area contributed by atoms with Crippen LogP contribution in [0.2, 0.25) is 0 Å². The van der Waals surface area contributed by atoms with Gasteiger partial charge in [0, 0.05) is 23.0 Å². The van der Waals surface area contributed by atoms with Crippen LogP contribution < -0.4 is 0 Å². The molecule has 4 N–H and O–H groups in total. The van der Waals surface area contributed by atoms with Crippen molar-refractivity contribution in [3.8, 4) is 0 Å². The van der Waals surface area contributed by atoms with Gasteiger partial charge in [-0.1, -0.05) is 0 Å². The van der Waals surface area contributed by atoms with Crippen LogP contribution in [0.4, 0.5) is 0 Å². The standard InChI is InChI=1S/C6H14O5S3.H2O/c7-1-3-12-5-6-13-4-2-11-14(8,9)10;/h7H,1-6H2,(H,8,9,10);1H2. The maximum absolute atomic E-state index is 10.1. The lowest BCUT2D eigenvalue weighted by molar-refractivity contribution is 0.285. The van der Waals surface area contributed by atoms with Gasteiger partial charge in [0.05, 0.1) is 13.2 Å². The highest BCUT2D eigenvalue weighted by Gasteiger charge is 2.02. The Kier molecular flexibility index (Phi) is 13.1. The molecule has 0 radical (unpaired) electrons. The maximum Gasteiger partial charge on any atom is 0.397 e. The van der Waals surface area contributed by atoms with Gasteiger partial charge in [-0.3, -0.25) is 4.55 Å². The van der Waals surface area contributed by atoms with Gasteiger partial charge in [0.1, 0.15) is 0 Å². The van der Waals surface area contributed by atoms with Gasteiger partial charge < -0.3 is 10.6 Å². The Bertz CT molecular complexity index is 217. The van der Waals surface area contributed by atoms with Gasteiger partial charge in [0.25, 0.3) is 0 Å². The SMILES string of the molecule is O.O=S(=O)(O)OCCSCCSCCO. The first-order chi connectivity index (χ1) is 6.56. The molecule has 0 amide bonds. The molecule has 9 heteroatoms. The van der Waals surface area contributed by atoms with Gasteiger partial charge in [-0.25, -0.2) is 4.18 Å². The van der Waals surface area contributed by atoms with Crippen molar-refractivity contribution in [3.63, 3.8) is 0 Å². The molecule has 15 heavy (non-hydrogen) atoms. The van der Waals surface area contributed by atoms with E-state index in [0.29, 0.717) is 5.75 Å². The van der Waals surface area contributed by atoms with Crippen LogP contribution in [0.15, 0.2) is 0 Å². The molecule has 0 fully saturated rings. The molecule has 0 atom stereocenters. The lowest BCUT2D eigenvalue weighted by Gasteiger charge is -2.00. The smallest absolute Gasteiger partial charge is 0.397 e. The zero-order valence-electron chi connectivity index (χ0n) is 8.09. The third-order valence-electron chi connectivity index (χ3n) is 1.07. The van der Waals surface area contributed by atoms with Crippen LogP contribution in [-0.2, 0) is 14.6 Å². The molecule has 0 bridgehead atoms. The molecule has 0 saturated heterocycles. The summed E-state index contributed by atoms with van der Waals surface area (Å²) in [5.41, 5.74) is 0. The average Bonchev–Trinajstić information content (AvgIpc) is 2.08. The first kappa shape index (κ1) is 17.9. The molecule has 0 saturated carbocycles. The predicted octanol–water partition coefficient (Wildman–Crippen LogP) is -0.560. The van der Waals surface area contributed by atoms with Gasteiger partial charge in [-0.2, -0.15) is 31.9 Å². The van der Waals surface area contributed by atoms with E-state index in [4.69, 9.17) is 9.66 Å². The van der Waals surface area contributed by atoms with E-state index in [2.05, 4.69) is 4.18 Å². The van der Waals surface area contributed by atoms with Crippen molar-refractivity contribution in [1.82, 2.24) is 0 Å². The molecule has 6 nitrogen and oxygen atoms in total. The third kappa shape index (κ3) is 17.1. The number of hydrogen-bond acceptors (Lipinski definition) is 6. The lowest BCUT2D eigenvalue weighted by Crippen LogP contribution is -2.06. The Morgan fingerprint density at radius 1 is 1.07 bits per heavy atom. The van der Waals surface area contributed by atoms with Crippen molar-refractivity contribution in [2.45, 2.75) is 0 Å². The van der Waals surface area contributed by atoms with Crippen LogP contribution >= 0.6 is 23.5 Å². The molecule has 0 unspecified atom stereocenters. The van der Waals surface area contributed by atoms with Crippen molar-refractivity contribution in [2.24, 2.45) is 0 Å². The zero-order valence-corrected chi connectivity index (χ0v) is 10.5. The quantitative estimate of drug-likeness (QED) is 0.429. The molecule has 0 heterocycles. The summed E-state index contributed by atoms with van der Waals surface area (Å²) in [6.45, 7) is 0.176. The fraction of sp³-hybridized carbons (Fsp3) is 1.00. The molecule has 0 spiro atoms. The molecule has 0 aliphatic heterocycles. The monoisotopic (exact) mass is 280 g/mol. The van der Waals surface area contributed by atoms with Crippen molar-refractivity contribution in [1.29, 1.82) is 0 Å². The summed E-state index contributed by atoms with van der Waals surface area (Å²) in [5, 5.41) is 8.45. The third-order valence-corrected chi connectivity index (χ3v) is 3.70. The van der Waals surface area contributed by atoms with E-state index in [1.807, 2.05) is 0 Å². The van der Waals surface area contributed by atoms with Crippen molar-refractivity contribution >= 4 is 33.9 Å². The highest BCUT2D eigenvalue weighted by Crippen LogP contribution is 2.06. The fourth-order valence-electron chi connectivity index (χ4n) is 0.585. The summed E-state index contributed by atoms with van der Waals surface area (Å²) < 4.78 is 32.5. The Labute approximate surface area is 98.0 Å². The molecule has 0 aromatic heterocycles. The van der Waals surface area contributed by atoms with Crippen LogP contribution in [0.1, 0.15) is 0 Å². The molecular weight excluding hydrogens is 264 g/mol. The van der Waals surface area contributed by atoms with Crippen LogP contribution in [-0.4, -0.2) is 59.8 Å². The van der Waals surface area contributed by atoms with Gasteiger partial charge in [-0.05, 0) is 0 Å². The van der Waals surface area contributed by atoms with E-state index >= 15 is 0 Å². The van der Waals surface area contributed by atoms with Gasteiger partial charge in [0.2, 0.25) is 0 Å². The van der Waals surface area contributed by atoms with E-state index in [1.165, 1.54) is 0 Å². The Morgan fingerprint density at radius 2 is 1.60 bits per heavy atom. The van der Waals surface area contributed by atoms with E-state index in [0.717, 1.165) is 17.3 Å². The molecule has 0 aliphatic rings.